The predicted molar refractivity (Wildman–Crippen MR) is 134 cm³/mol. The van der Waals surface area contributed by atoms with Crippen LogP contribution in [-0.2, 0) is 17.8 Å². The van der Waals surface area contributed by atoms with Crippen LogP contribution < -0.4 is 16.6 Å². The van der Waals surface area contributed by atoms with E-state index in [4.69, 9.17) is 17.3 Å². The van der Waals surface area contributed by atoms with Crippen molar-refractivity contribution in [3.8, 4) is 11.3 Å². The van der Waals surface area contributed by atoms with Crippen LogP contribution in [0.4, 0.5) is 13.2 Å². The van der Waals surface area contributed by atoms with Gasteiger partial charge in [-0.05, 0) is 42.7 Å². The fourth-order valence-electron chi connectivity index (χ4n) is 3.69. The average molecular weight is 535 g/mol. The maximum absolute atomic E-state index is 13.1. The molecule has 3 N–H and O–H groups in total. The Hall–Kier alpha value is -3.66. The van der Waals surface area contributed by atoms with E-state index in [2.05, 4.69) is 10.3 Å². The van der Waals surface area contributed by atoms with Crippen LogP contribution in [0.15, 0.2) is 59.4 Å². The largest absolute Gasteiger partial charge is 0.389 e. The molecular weight excluding hydrogens is 509 g/mol. The van der Waals surface area contributed by atoms with Crippen LogP contribution >= 0.6 is 11.6 Å². The van der Waals surface area contributed by atoms with Gasteiger partial charge in [-0.3, -0.25) is 19.0 Å². The highest BCUT2D eigenvalue weighted by atomic mass is 35.5. The highest BCUT2D eigenvalue weighted by Crippen LogP contribution is 2.24. The van der Waals surface area contributed by atoms with Crippen molar-refractivity contribution in [1.82, 2.24) is 14.9 Å². The summed E-state index contributed by atoms with van der Waals surface area (Å²) in [7, 11) is 0. The molecule has 0 unspecified atom stereocenters. The summed E-state index contributed by atoms with van der Waals surface area (Å²) < 4.78 is 39.6. The zero-order chi connectivity index (χ0) is 27.0. The number of hydrogen-bond donors (Lipinski definition) is 2. The average Bonchev–Trinajstić information content (AvgIpc) is 2.83. The van der Waals surface area contributed by atoms with Gasteiger partial charge in [0.25, 0.3) is 11.5 Å². The van der Waals surface area contributed by atoms with Gasteiger partial charge in [0.1, 0.15) is 5.82 Å². The molecule has 0 spiro atoms. The summed E-state index contributed by atoms with van der Waals surface area (Å²) in [6.45, 7) is 0.293. The van der Waals surface area contributed by atoms with Crippen molar-refractivity contribution in [2.75, 3.05) is 6.54 Å². The molecule has 0 radical (unpaired) electrons. The van der Waals surface area contributed by atoms with Gasteiger partial charge in [0, 0.05) is 48.0 Å². The molecule has 7 nitrogen and oxygen atoms in total. The molecule has 0 fully saturated rings. The van der Waals surface area contributed by atoms with Gasteiger partial charge in [-0.25, -0.2) is 4.98 Å². The number of primary amides is 1. The van der Waals surface area contributed by atoms with Crippen molar-refractivity contribution in [1.29, 1.82) is 0 Å². The fourth-order valence-corrected chi connectivity index (χ4v) is 3.82. The zero-order valence-corrected chi connectivity index (χ0v) is 20.6. The van der Waals surface area contributed by atoms with Gasteiger partial charge >= 0.3 is 6.18 Å². The van der Waals surface area contributed by atoms with Crippen LogP contribution in [0.25, 0.3) is 11.3 Å². The molecular formula is C26H26ClF3N4O3. The molecule has 1 heterocycles. The first-order chi connectivity index (χ1) is 17.5. The van der Waals surface area contributed by atoms with E-state index in [9.17, 15) is 27.6 Å². The topological polar surface area (TPSA) is 107 Å². The lowest BCUT2D eigenvalue weighted by molar-refractivity contribution is -0.135. The molecule has 11 heteroatoms. The first-order valence-corrected chi connectivity index (χ1v) is 12.0. The number of carbonyl (C=O) groups excluding carboxylic acids is 2. The third-order valence-electron chi connectivity index (χ3n) is 5.50. The van der Waals surface area contributed by atoms with E-state index in [-0.39, 0.29) is 44.1 Å². The molecule has 37 heavy (non-hydrogen) atoms. The quantitative estimate of drug-likeness (QED) is 0.353. The SMILES string of the molecule is NC(=O)CCCNC(=O)c1cccc(Cn2c(CCCC(F)(F)F)nc(-c3ccc(Cl)cc3)cc2=O)c1. The zero-order valence-electron chi connectivity index (χ0n) is 19.9. The number of carbonyl (C=O) groups is 2. The molecule has 3 aromatic rings. The van der Waals surface area contributed by atoms with E-state index in [1.165, 1.54) is 10.6 Å². The summed E-state index contributed by atoms with van der Waals surface area (Å²) in [5.41, 5.74) is 6.56. The number of aromatic nitrogens is 2. The van der Waals surface area contributed by atoms with E-state index in [1.807, 2.05) is 0 Å². The number of benzene rings is 2. The van der Waals surface area contributed by atoms with Crippen LogP contribution in [0.3, 0.4) is 0 Å². The second-order valence-corrected chi connectivity index (χ2v) is 8.92. The van der Waals surface area contributed by atoms with E-state index < -0.39 is 24.1 Å². The van der Waals surface area contributed by atoms with E-state index in [0.29, 0.717) is 33.8 Å². The van der Waals surface area contributed by atoms with Crippen molar-refractivity contribution in [2.24, 2.45) is 5.73 Å². The smallest absolute Gasteiger partial charge is 0.370 e. The van der Waals surface area contributed by atoms with E-state index in [0.717, 1.165) is 0 Å². The van der Waals surface area contributed by atoms with Crippen LogP contribution in [0.5, 0.6) is 0 Å². The Morgan fingerprint density at radius 3 is 2.46 bits per heavy atom. The van der Waals surface area contributed by atoms with Crippen molar-refractivity contribution < 1.29 is 22.8 Å². The Morgan fingerprint density at radius 2 is 1.78 bits per heavy atom. The van der Waals surface area contributed by atoms with Crippen molar-refractivity contribution in [3.05, 3.63) is 86.9 Å². The monoisotopic (exact) mass is 534 g/mol. The van der Waals surface area contributed by atoms with Crippen molar-refractivity contribution in [3.63, 3.8) is 0 Å². The summed E-state index contributed by atoms with van der Waals surface area (Å²) >= 11 is 5.93. The van der Waals surface area contributed by atoms with Crippen LogP contribution in [0.2, 0.25) is 5.02 Å². The van der Waals surface area contributed by atoms with Crippen molar-refractivity contribution >= 4 is 23.4 Å². The molecule has 196 valence electrons. The number of nitrogens with zero attached hydrogens (tertiary/aromatic N) is 2. The van der Waals surface area contributed by atoms with Gasteiger partial charge < -0.3 is 11.1 Å². The van der Waals surface area contributed by atoms with Gasteiger partial charge in [-0.1, -0.05) is 35.9 Å². The molecule has 3 rings (SSSR count). The Balaban J connectivity index is 1.85. The Labute approximate surface area is 216 Å². The van der Waals surface area contributed by atoms with Crippen LogP contribution in [-0.4, -0.2) is 34.1 Å². The predicted octanol–water partition coefficient (Wildman–Crippen LogP) is 4.49. The standard InChI is InChI=1S/C26H26ClF3N4O3/c27-20-10-8-18(9-11-20)21-15-24(36)34(23(33-21)7-2-12-26(28,29)30)16-17-4-1-5-19(14-17)25(37)32-13-3-6-22(31)35/h1,4-5,8-11,14-15H,2-3,6-7,12-13,16H2,(H2,31,35)(H,32,37). The number of halogens is 4. The minimum absolute atomic E-state index is 0.0247. The van der Waals surface area contributed by atoms with E-state index >= 15 is 0 Å². The normalized spacial score (nSPS) is 11.4. The molecule has 0 atom stereocenters. The molecule has 1 aromatic heterocycles. The molecule has 0 aliphatic carbocycles. The third-order valence-corrected chi connectivity index (χ3v) is 5.76. The maximum Gasteiger partial charge on any atom is 0.389 e. The molecule has 2 aromatic carbocycles. The number of rotatable bonds is 11. The minimum atomic E-state index is -4.32. The van der Waals surface area contributed by atoms with Gasteiger partial charge in [0.15, 0.2) is 0 Å². The minimum Gasteiger partial charge on any atom is -0.370 e. The Kier molecular flexibility index (Phi) is 9.46. The highest BCUT2D eigenvalue weighted by Gasteiger charge is 2.26. The van der Waals surface area contributed by atoms with E-state index in [1.54, 1.807) is 48.5 Å². The second-order valence-electron chi connectivity index (χ2n) is 8.48. The van der Waals surface area contributed by atoms with Gasteiger partial charge in [0.2, 0.25) is 5.91 Å². The summed E-state index contributed by atoms with van der Waals surface area (Å²) in [5.74, 6) is -0.605. The molecule has 0 aliphatic heterocycles. The van der Waals surface area contributed by atoms with Gasteiger partial charge in [-0.15, -0.1) is 0 Å². The number of nitrogens with two attached hydrogens (primary N) is 1. The Morgan fingerprint density at radius 1 is 1.05 bits per heavy atom. The maximum atomic E-state index is 13.1. The van der Waals surface area contributed by atoms with Crippen LogP contribution in [0, 0.1) is 0 Å². The molecule has 0 saturated carbocycles. The lowest BCUT2D eigenvalue weighted by Gasteiger charge is -2.15. The number of nitrogens with one attached hydrogen (secondary N) is 1. The summed E-state index contributed by atoms with van der Waals surface area (Å²) in [6.07, 6.45) is -5.05. The van der Waals surface area contributed by atoms with Gasteiger partial charge in [0.05, 0.1) is 12.2 Å². The first-order valence-electron chi connectivity index (χ1n) is 11.6. The molecule has 0 saturated heterocycles. The molecule has 2 amide bonds. The fraction of sp³-hybridized carbons (Fsp3) is 0.308. The molecule has 0 bridgehead atoms. The second kappa shape index (κ2) is 12.5. The summed E-state index contributed by atoms with van der Waals surface area (Å²) in [5, 5.41) is 3.20. The number of alkyl halides is 3. The lowest BCUT2D eigenvalue weighted by atomic mass is 10.1. The lowest BCUT2D eigenvalue weighted by Crippen LogP contribution is -2.27. The highest BCUT2D eigenvalue weighted by molar-refractivity contribution is 6.30. The van der Waals surface area contributed by atoms with Crippen LogP contribution in [0.1, 0.15) is 47.4 Å². The summed E-state index contributed by atoms with van der Waals surface area (Å²) in [6, 6.07) is 14.5. The molecule has 0 aliphatic rings. The Bertz CT molecular complexity index is 1310. The summed E-state index contributed by atoms with van der Waals surface area (Å²) in [4.78, 5) is 40.9. The third kappa shape index (κ3) is 8.75. The number of aryl methyl sites for hydroxylation is 1. The van der Waals surface area contributed by atoms with Crippen molar-refractivity contribution in [2.45, 2.75) is 44.8 Å². The van der Waals surface area contributed by atoms with Gasteiger partial charge in [-0.2, -0.15) is 13.2 Å². The number of hydrogen-bond acceptors (Lipinski definition) is 4. The first kappa shape index (κ1) is 27.9. The number of amides is 2.